The summed E-state index contributed by atoms with van der Waals surface area (Å²) in [4.78, 5) is 0. The average molecular weight is 318 g/mol. The number of halogens is 2. The molecule has 22 heavy (non-hydrogen) atoms. The standard InChI is InChI=1S/C18H17ClFNO/c19-11-7-8-16-14(10-11)18-13(5-3-9-22-18)17(21-16)12-4-1-2-6-15(12)20/h1-2,4,6-8,10,13,17-18,21H,3,5,9H2/t13-,17+,18-/m1/s1. The first-order chi connectivity index (χ1) is 10.7. The van der Waals surface area contributed by atoms with Gasteiger partial charge in [-0.1, -0.05) is 29.8 Å². The molecule has 2 aliphatic rings. The summed E-state index contributed by atoms with van der Waals surface area (Å²) in [6.07, 6.45) is 2.00. The Balaban J connectivity index is 1.81. The molecule has 0 spiro atoms. The van der Waals surface area contributed by atoms with E-state index in [0.29, 0.717) is 10.6 Å². The van der Waals surface area contributed by atoms with Gasteiger partial charge in [-0.05, 0) is 37.1 Å². The predicted octanol–water partition coefficient (Wildman–Crippen LogP) is 5.11. The highest BCUT2D eigenvalue weighted by atomic mass is 35.5. The van der Waals surface area contributed by atoms with Crippen LogP contribution in [0.1, 0.15) is 36.1 Å². The summed E-state index contributed by atoms with van der Waals surface area (Å²) in [5, 5.41) is 4.21. The van der Waals surface area contributed by atoms with Crippen molar-refractivity contribution < 1.29 is 9.13 Å². The highest BCUT2D eigenvalue weighted by Crippen LogP contribution is 2.49. The monoisotopic (exact) mass is 317 g/mol. The largest absolute Gasteiger partial charge is 0.377 e. The van der Waals surface area contributed by atoms with E-state index in [1.54, 1.807) is 6.07 Å². The minimum Gasteiger partial charge on any atom is -0.377 e. The minimum absolute atomic E-state index is 0.0201. The van der Waals surface area contributed by atoms with Gasteiger partial charge >= 0.3 is 0 Å². The molecule has 0 radical (unpaired) electrons. The van der Waals surface area contributed by atoms with Gasteiger partial charge in [0, 0.05) is 34.4 Å². The van der Waals surface area contributed by atoms with Crippen LogP contribution in [0.3, 0.4) is 0 Å². The van der Waals surface area contributed by atoms with Crippen LogP contribution in [0.5, 0.6) is 0 Å². The maximum absolute atomic E-state index is 14.3. The molecule has 4 heteroatoms. The molecule has 2 aliphatic heterocycles. The molecule has 2 aromatic rings. The maximum Gasteiger partial charge on any atom is 0.128 e. The lowest BCUT2D eigenvalue weighted by Gasteiger charge is -2.43. The molecule has 0 aliphatic carbocycles. The van der Waals surface area contributed by atoms with E-state index < -0.39 is 0 Å². The second-order valence-electron chi connectivity index (χ2n) is 5.97. The van der Waals surface area contributed by atoms with Crippen molar-refractivity contribution in [3.05, 3.63) is 64.4 Å². The Morgan fingerprint density at radius 3 is 2.86 bits per heavy atom. The van der Waals surface area contributed by atoms with Gasteiger partial charge in [-0.25, -0.2) is 4.39 Å². The van der Waals surface area contributed by atoms with Crippen LogP contribution in [0.25, 0.3) is 0 Å². The van der Waals surface area contributed by atoms with E-state index in [1.807, 2.05) is 30.3 Å². The molecule has 2 aromatic carbocycles. The average Bonchev–Trinajstić information content (AvgIpc) is 2.55. The van der Waals surface area contributed by atoms with Gasteiger partial charge in [0.1, 0.15) is 5.82 Å². The normalized spacial score (nSPS) is 26.7. The van der Waals surface area contributed by atoms with E-state index >= 15 is 0 Å². The summed E-state index contributed by atoms with van der Waals surface area (Å²) in [5.41, 5.74) is 2.79. The Labute approximate surface area is 134 Å². The lowest BCUT2D eigenvalue weighted by atomic mass is 9.77. The third kappa shape index (κ3) is 2.29. The number of ether oxygens (including phenoxy) is 1. The Morgan fingerprint density at radius 2 is 2.00 bits per heavy atom. The molecule has 0 unspecified atom stereocenters. The number of benzene rings is 2. The molecular weight excluding hydrogens is 301 g/mol. The molecule has 2 heterocycles. The fourth-order valence-corrected chi connectivity index (χ4v) is 3.86. The molecule has 1 saturated heterocycles. The van der Waals surface area contributed by atoms with E-state index in [4.69, 9.17) is 16.3 Å². The van der Waals surface area contributed by atoms with Gasteiger partial charge in [-0.3, -0.25) is 0 Å². The van der Waals surface area contributed by atoms with Crippen LogP contribution in [0.15, 0.2) is 42.5 Å². The van der Waals surface area contributed by atoms with Crippen molar-refractivity contribution in [2.75, 3.05) is 11.9 Å². The fraction of sp³-hybridized carbons (Fsp3) is 0.333. The van der Waals surface area contributed by atoms with Crippen LogP contribution in [0.4, 0.5) is 10.1 Å². The van der Waals surface area contributed by atoms with Crippen molar-refractivity contribution in [1.29, 1.82) is 0 Å². The lowest BCUT2D eigenvalue weighted by Crippen LogP contribution is -2.36. The zero-order chi connectivity index (χ0) is 15.1. The lowest BCUT2D eigenvalue weighted by molar-refractivity contribution is -0.0384. The maximum atomic E-state index is 14.3. The molecular formula is C18H17ClFNO. The molecule has 0 aromatic heterocycles. The number of nitrogens with one attached hydrogen (secondary N) is 1. The van der Waals surface area contributed by atoms with Gasteiger partial charge in [0.15, 0.2) is 0 Å². The minimum atomic E-state index is -0.165. The summed E-state index contributed by atoms with van der Waals surface area (Å²) >= 11 is 6.14. The molecule has 1 fully saturated rings. The number of anilines is 1. The first-order valence-corrected chi connectivity index (χ1v) is 8.04. The van der Waals surface area contributed by atoms with Crippen LogP contribution in [0, 0.1) is 11.7 Å². The van der Waals surface area contributed by atoms with Crippen molar-refractivity contribution in [1.82, 2.24) is 0 Å². The Hall–Kier alpha value is -1.58. The van der Waals surface area contributed by atoms with Crippen molar-refractivity contribution in [2.24, 2.45) is 5.92 Å². The van der Waals surface area contributed by atoms with Crippen LogP contribution in [-0.4, -0.2) is 6.61 Å². The molecule has 2 nitrogen and oxygen atoms in total. The molecule has 114 valence electrons. The molecule has 0 saturated carbocycles. The van der Waals surface area contributed by atoms with Crippen LogP contribution in [-0.2, 0) is 4.74 Å². The number of rotatable bonds is 1. The van der Waals surface area contributed by atoms with Crippen molar-refractivity contribution in [3.8, 4) is 0 Å². The SMILES string of the molecule is Fc1ccccc1[C@@H]1Nc2ccc(Cl)cc2[C@@H]2OCCC[C@H]12. The van der Waals surface area contributed by atoms with Gasteiger partial charge in [-0.2, -0.15) is 0 Å². The van der Waals surface area contributed by atoms with E-state index in [2.05, 4.69) is 5.32 Å². The van der Waals surface area contributed by atoms with Gasteiger partial charge in [0.2, 0.25) is 0 Å². The van der Waals surface area contributed by atoms with Gasteiger partial charge in [0.25, 0.3) is 0 Å². The van der Waals surface area contributed by atoms with E-state index in [9.17, 15) is 4.39 Å². The van der Waals surface area contributed by atoms with Crippen LogP contribution < -0.4 is 5.32 Å². The Morgan fingerprint density at radius 1 is 1.14 bits per heavy atom. The Kier molecular flexibility index (Phi) is 3.55. The molecule has 1 N–H and O–H groups in total. The molecule has 0 amide bonds. The van der Waals surface area contributed by atoms with E-state index in [0.717, 1.165) is 30.7 Å². The number of hydrogen-bond acceptors (Lipinski definition) is 2. The smallest absolute Gasteiger partial charge is 0.128 e. The summed E-state index contributed by atoms with van der Waals surface area (Å²) in [5.74, 6) is 0.0540. The molecule has 4 rings (SSSR count). The first-order valence-electron chi connectivity index (χ1n) is 7.66. The van der Waals surface area contributed by atoms with Gasteiger partial charge in [0.05, 0.1) is 12.1 Å². The van der Waals surface area contributed by atoms with E-state index in [-0.39, 0.29) is 23.9 Å². The first kappa shape index (κ1) is 14.0. The van der Waals surface area contributed by atoms with Gasteiger partial charge in [-0.15, -0.1) is 0 Å². The third-order valence-corrected chi connectivity index (χ3v) is 4.90. The van der Waals surface area contributed by atoms with Crippen molar-refractivity contribution in [2.45, 2.75) is 25.0 Å². The van der Waals surface area contributed by atoms with Crippen LogP contribution in [0.2, 0.25) is 5.02 Å². The highest BCUT2D eigenvalue weighted by molar-refractivity contribution is 6.30. The van der Waals surface area contributed by atoms with Crippen molar-refractivity contribution in [3.63, 3.8) is 0 Å². The molecule has 3 atom stereocenters. The molecule has 0 bridgehead atoms. The zero-order valence-corrected chi connectivity index (χ0v) is 12.8. The van der Waals surface area contributed by atoms with E-state index in [1.165, 1.54) is 6.07 Å². The highest BCUT2D eigenvalue weighted by Gasteiger charge is 2.40. The summed E-state index contributed by atoms with van der Waals surface area (Å²) in [6, 6.07) is 12.7. The summed E-state index contributed by atoms with van der Waals surface area (Å²) in [6.45, 7) is 0.747. The number of fused-ring (bicyclic) bond motifs is 3. The second-order valence-corrected chi connectivity index (χ2v) is 6.41. The third-order valence-electron chi connectivity index (χ3n) is 4.67. The summed E-state index contributed by atoms with van der Waals surface area (Å²) < 4.78 is 20.3. The zero-order valence-electron chi connectivity index (χ0n) is 12.1. The summed E-state index contributed by atoms with van der Waals surface area (Å²) in [7, 11) is 0. The quantitative estimate of drug-likeness (QED) is 0.788. The van der Waals surface area contributed by atoms with Crippen molar-refractivity contribution >= 4 is 17.3 Å². The second kappa shape index (κ2) is 5.56. The van der Waals surface area contributed by atoms with Crippen LogP contribution >= 0.6 is 11.6 Å². The van der Waals surface area contributed by atoms with Gasteiger partial charge < -0.3 is 10.1 Å². The topological polar surface area (TPSA) is 21.3 Å². The number of hydrogen-bond donors (Lipinski definition) is 1. The predicted molar refractivity (Wildman–Crippen MR) is 85.6 cm³/mol. The Bertz CT molecular complexity index is 705. The fourth-order valence-electron chi connectivity index (χ4n) is 3.68.